The number of H-pyrrole nitrogens is 1. The first-order valence-electron chi connectivity index (χ1n) is 5.08. The molecule has 5 nitrogen and oxygen atoms in total. The molecule has 1 unspecified atom stereocenters. The molecule has 88 valence electrons. The average Bonchev–Trinajstić information content (AvgIpc) is 2.82. The van der Waals surface area contributed by atoms with Crippen LogP contribution in [0, 0.1) is 0 Å². The molecule has 0 spiro atoms. The van der Waals surface area contributed by atoms with Gasteiger partial charge in [-0.25, -0.2) is 4.98 Å². The van der Waals surface area contributed by atoms with Gasteiger partial charge in [0.25, 0.3) is 5.91 Å². The number of rotatable bonds is 3. The number of benzene rings is 1. The van der Waals surface area contributed by atoms with Crippen molar-refractivity contribution in [2.45, 2.75) is 13.0 Å². The lowest BCUT2D eigenvalue weighted by molar-refractivity contribution is 0.0938. The number of carbonyl (C=O) groups excluding carboxylic acids is 1. The molecule has 1 atom stereocenters. The SMILES string of the molecule is CC(NC(=O)c1cccc(Cl)c1)c1ncn[nH]1. The van der Waals surface area contributed by atoms with Gasteiger partial charge in [0.2, 0.25) is 0 Å². The van der Waals surface area contributed by atoms with Crippen molar-refractivity contribution < 1.29 is 4.79 Å². The number of nitrogens with zero attached hydrogens (tertiary/aromatic N) is 2. The number of carbonyl (C=O) groups is 1. The molecule has 2 aromatic rings. The maximum atomic E-state index is 11.9. The maximum Gasteiger partial charge on any atom is 0.251 e. The Hall–Kier alpha value is -1.88. The van der Waals surface area contributed by atoms with Crippen LogP contribution in [-0.2, 0) is 0 Å². The lowest BCUT2D eigenvalue weighted by atomic mass is 10.2. The van der Waals surface area contributed by atoms with E-state index in [0.29, 0.717) is 16.4 Å². The van der Waals surface area contributed by atoms with Crippen molar-refractivity contribution in [3.8, 4) is 0 Å². The summed E-state index contributed by atoms with van der Waals surface area (Å²) in [6.45, 7) is 1.82. The minimum atomic E-state index is -0.232. The monoisotopic (exact) mass is 250 g/mol. The summed E-state index contributed by atoms with van der Waals surface area (Å²) in [7, 11) is 0. The van der Waals surface area contributed by atoms with Crippen molar-refractivity contribution >= 4 is 17.5 Å². The molecule has 0 radical (unpaired) electrons. The highest BCUT2D eigenvalue weighted by atomic mass is 35.5. The Kier molecular flexibility index (Phi) is 3.39. The average molecular weight is 251 g/mol. The molecule has 0 aliphatic carbocycles. The van der Waals surface area contributed by atoms with E-state index in [2.05, 4.69) is 20.5 Å². The third-order valence-electron chi connectivity index (χ3n) is 2.28. The molecule has 17 heavy (non-hydrogen) atoms. The van der Waals surface area contributed by atoms with Crippen LogP contribution in [0.3, 0.4) is 0 Å². The number of hydrogen-bond acceptors (Lipinski definition) is 3. The fourth-order valence-electron chi connectivity index (χ4n) is 1.40. The molecule has 0 saturated heterocycles. The number of nitrogens with one attached hydrogen (secondary N) is 2. The summed E-state index contributed by atoms with van der Waals surface area (Å²) in [6, 6.07) is 6.54. The van der Waals surface area contributed by atoms with E-state index >= 15 is 0 Å². The Morgan fingerprint density at radius 2 is 2.35 bits per heavy atom. The van der Waals surface area contributed by atoms with Crippen molar-refractivity contribution in [1.29, 1.82) is 0 Å². The van der Waals surface area contributed by atoms with Crippen molar-refractivity contribution in [2.75, 3.05) is 0 Å². The number of aromatic nitrogens is 3. The molecule has 1 heterocycles. The van der Waals surface area contributed by atoms with Gasteiger partial charge in [0.1, 0.15) is 12.2 Å². The van der Waals surface area contributed by atoms with E-state index in [4.69, 9.17) is 11.6 Å². The quantitative estimate of drug-likeness (QED) is 0.875. The zero-order valence-electron chi connectivity index (χ0n) is 9.14. The highest BCUT2D eigenvalue weighted by Crippen LogP contribution is 2.12. The largest absolute Gasteiger partial charge is 0.342 e. The molecular weight excluding hydrogens is 240 g/mol. The first kappa shape index (κ1) is 11.6. The molecule has 2 rings (SSSR count). The molecule has 0 bridgehead atoms. The Bertz CT molecular complexity index is 512. The lowest BCUT2D eigenvalue weighted by Gasteiger charge is -2.10. The zero-order valence-corrected chi connectivity index (χ0v) is 9.90. The van der Waals surface area contributed by atoms with Gasteiger partial charge in [-0.15, -0.1) is 0 Å². The van der Waals surface area contributed by atoms with Gasteiger partial charge in [0, 0.05) is 10.6 Å². The molecule has 1 aromatic heterocycles. The van der Waals surface area contributed by atoms with Crippen LogP contribution in [-0.4, -0.2) is 21.1 Å². The second-order valence-corrected chi connectivity index (χ2v) is 4.01. The van der Waals surface area contributed by atoms with Crippen molar-refractivity contribution in [3.63, 3.8) is 0 Å². The van der Waals surface area contributed by atoms with Crippen molar-refractivity contribution in [3.05, 3.63) is 47.0 Å². The fraction of sp³-hybridized carbons (Fsp3) is 0.182. The van der Waals surface area contributed by atoms with Gasteiger partial charge in [-0.05, 0) is 25.1 Å². The summed E-state index contributed by atoms with van der Waals surface area (Å²) in [6.07, 6.45) is 1.40. The van der Waals surface area contributed by atoms with Gasteiger partial charge < -0.3 is 5.32 Å². The van der Waals surface area contributed by atoms with Crippen molar-refractivity contribution in [2.24, 2.45) is 0 Å². The van der Waals surface area contributed by atoms with E-state index in [-0.39, 0.29) is 11.9 Å². The second kappa shape index (κ2) is 4.97. The normalized spacial score (nSPS) is 12.1. The molecule has 0 fully saturated rings. The van der Waals surface area contributed by atoms with Crippen molar-refractivity contribution in [1.82, 2.24) is 20.5 Å². The van der Waals surface area contributed by atoms with Gasteiger partial charge in [-0.2, -0.15) is 5.10 Å². The van der Waals surface area contributed by atoms with Gasteiger partial charge in [-0.3, -0.25) is 9.89 Å². The summed E-state index contributed by atoms with van der Waals surface area (Å²) in [5.41, 5.74) is 0.517. The topological polar surface area (TPSA) is 70.7 Å². The van der Waals surface area contributed by atoms with E-state index in [9.17, 15) is 4.79 Å². The molecule has 2 N–H and O–H groups in total. The summed E-state index contributed by atoms with van der Waals surface area (Å²) in [5, 5.41) is 9.76. The van der Waals surface area contributed by atoms with Crippen LogP contribution in [0.4, 0.5) is 0 Å². The van der Waals surface area contributed by atoms with E-state index in [1.807, 2.05) is 6.92 Å². The minimum absolute atomic E-state index is 0.198. The smallest absolute Gasteiger partial charge is 0.251 e. The van der Waals surface area contributed by atoms with Gasteiger partial charge in [-0.1, -0.05) is 17.7 Å². The Morgan fingerprint density at radius 3 is 3.00 bits per heavy atom. The second-order valence-electron chi connectivity index (χ2n) is 3.58. The molecular formula is C11H11ClN4O. The van der Waals surface area contributed by atoms with E-state index in [0.717, 1.165) is 0 Å². The maximum absolute atomic E-state index is 11.9. The van der Waals surface area contributed by atoms with E-state index < -0.39 is 0 Å². The van der Waals surface area contributed by atoms with Crippen LogP contribution in [0.2, 0.25) is 5.02 Å². The van der Waals surface area contributed by atoms with Crippen LogP contribution in [0.1, 0.15) is 29.1 Å². The Morgan fingerprint density at radius 1 is 1.53 bits per heavy atom. The van der Waals surface area contributed by atoms with E-state index in [1.54, 1.807) is 24.3 Å². The molecule has 0 aliphatic heterocycles. The molecule has 1 aromatic carbocycles. The lowest BCUT2D eigenvalue weighted by Crippen LogP contribution is -2.27. The van der Waals surface area contributed by atoms with Crippen LogP contribution in [0.5, 0.6) is 0 Å². The molecule has 0 aliphatic rings. The van der Waals surface area contributed by atoms with Gasteiger partial charge in [0.05, 0.1) is 6.04 Å². The van der Waals surface area contributed by atoms with Gasteiger partial charge in [0.15, 0.2) is 0 Å². The van der Waals surface area contributed by atoms with Gasteiger partial charge >= 0.3 is 0 Å². The summed E-state index contributed by atoms with van der Waals surface area (Å²) in [4.78, 5) is 15.8. The minimum Gasteiger partial charge on any atom is -0.342 e. The highest BCUT2D eigenvalue weighted by molar-refractivity contribution is 6.30. The predicted octanol–water partition coefficient (Wildman–Crippen LogP) is 1.95. The zero-order chi connectivity index (χ0) is 12.3. The standard InChI is InChI=1S/C11H11ClN4O/c1-7(10-13-6-14-16-10)15-11(17)8-3-2-4-9(12)5-8/h2-7H,1H3,(H,15,17)(H,13,14,16). The number of amides is 1. The number of halogens is 1. The summed E-state index contributed by atoms with van der Waals surface area (Å²) < 4.78 is 0. The summed E-state index contributed by atoms with van der Waals surface area (Å²) in [5.74, 6) is 0.414. The Labute approximate surface area is 103 Å². The fourth-order valence-corrected chi connectivity index (χ4v) is 1.59. The van der Waals surface area contributed by atoms with E-state index in [1.165, 1.54) is 6.33 Å². The van der Waals surface area contributed by atoms with Crippen LogP contribution in [0.15, 0.2) is 30.6 Å². The number of aromatic amines is 1. The third-order valence-corrected chi connectivity index (χ3v) is 2.51. The molecule has 1 amide bonds. The first-order chi connectivity index (χ1) is 8.16. The van der Waals surface area contributed by atoms with Crippen LogP contribution < -0.4 is 5.32 Å². The van der Waals surface area contributed by atoms with Crippen LogP contribution >= 0.6 is 11.6 Å². The molecule has 6 heteroatoms. The predicted molar refractivity (Wildman–Crippen MR) is 63.7 cm³/mol. The Balaban J connectivity index is 2.07. The molecule has 0 saturated carbocycles. The van der Waals surface area contributed by atoms with Crippen LogP contribution in [0.25, 0.3) is 0 Å². The highest BCUT2D eigenvalue weighted by Gasteiger charge is 2.13. The third kappa shape index (κ3) is 2.82. The summed E-state index contributed by atoms with van der Waals surface area (Å²) >= 11 is 5.82. The number of hydrogen-bond donors (Lipinski definition) is 2. The first-order valence-corrected chi connectivity index (χ1v) is 5.46.